The molecule has 0 saturated heterocycles. The van der Waals surface area contributed by atoms with Crippen molar-refractivity contribution in [3.05, 3.63) is 69.2 Å². The number of methoxy groups -OCH3 is 1. The molecule has 1 spiro atoms. The number of rotatable bonds is 3. The van der Waals surface area contributed by atoms with E-state index in [1.165, 1.54) is 22.3 Å². The Hall–Kier alpha value is -1.82. The van der Waals surface area contributed by atoms with Crippen molar-refractivity contribution in [1.82, 2.24) is 4.90 Å². The van der Waals surface area contributed by atoms with Gasteiger partial charge in [-0.1, -0.05) is 45.8 Å². The summed E-state index contributed by atoms with van der Waals surface area (Å²) in [7, 11) is 3.88. The Labute approximate surface area is 180 Å². The van der Waals surface area contributed by atoms with E-state index in [0.717, 1.165) is 41.9 Å². The lowest BCUT2D eigenvalue weighted by atomic mass is 9.62. The molecule has 3 aliphatic rings. The summed E-state index contributed by atoms with van der Waals surface area (Å²) >= 11 is 3.53. The van der Waals surface area contributed by atoms with Crippen LogP contribution in [0, 0.1) is 0 Å². The fraction of sp³-hybridized carbons (Fsp3) is 0.417. The summed E-state index contributed by atoms with van der Waals surface area (Å²) in [5.74, 6) is 1.67. The van der Waals surface area contributed by atoms with Gasteiger partial charge in [-0.15, -0.1) is 0 Å². The smallest absolute Gasteiger partial charge is 0.166 e. The normalized spacial score (nSPS) is 28.1. The molecule has 2 aliphatic heterocycles. The minimum atomic E-state index is -0.485. The number of nitrogens with zero attached hydrogens (tertiary/aromatic N) is 1. The Morgan fingerprint density at radius 3 is 2.79 bits per heavy atom. The quantitative estimate of drug-likeness (QED) is 0.703. The Morgan fingerprint density at radius 2 is 2.03 bits per heavy atom. The van der Waals surface area contributed by atoms with Crippen LogP contribution in [0.2, 0.25) is 0 Å². The average molecular weight is 456 g/mol. The molecule has 0 saturated carbocycles. The van der Waals surface area contributed by atoms with E-state index in [2.05, 4.69) is 64.3 Å². The molecule has 0 radical (unpaired) electrons. The summed E-state index contributed by atoms with van der Waals surface area (Å²) in [6.45, 7) is 1.89. The summed E-state index contributed by atoms with van der Waals surface area (Å²) in [6.07, 6.45) is 3.95. The molecule has 0 bridgehead atoms. The number of halogens is 1. The lowest BCUT2D eigenvalue weighted by Crippen LogP contribution is -2.46. The average Bonchev–Trinajstić information content (AvgIpc) is 2.95. The number of aliphatic hydroxyl groups is 1. The van der Waals surface area contributed by atoms with E-state index in [-0.39, 0.29) is 11.5 Å². The molecule has 0 aromatic heterocycles. The second-order valence-corrected chi connectivity index (χ2v) is 9.41. The van der Waals surface area contributed by atoms with Crippen LogP contribution < -0.4 is 9.47 Å². The number of hydrogen-bond donors (Lipinski definition) is 1. The van der Waals surface area contributed by atoms with Crippen LogP contribution in [-0.4, -0.2) is 42.9 Å². The molecule has 29 heavy (non-hydrogen) atoms. The first-order valence-electron chi connectivity index (χ1n) is 10.2. The summed E-state index contributed by atoms with van der Waals surface area (Å²) < 4.78 is 13.3. The summed E-state index contributed by atoms with van der Waals surface area (Å²) in [4.78, 5) is 2.38. The molecule has 0 fully saturated rings. The van der Waals surface area contributed by atoms with Gasteiger partial charge >= 0.3 is 0 Å². The zero-order valence-electron chi connectivity index (χ0n) is 16.8. The van der Waals surface area contributed by atoms with E-state index in [9.17, 15) is 5.11 Å². The maximum Gasteiger partial charge on any atom is 0.166 e. The highest BCUT2D eigenvalue weighted by Gasteiger charge is 2.56. The van der Waals surface area contributed by atoms with Gasteiger partial charge in [-0.2, -0.15) is 0 Å². The van der Waals surface area contributed by atoms with E-state index in [1.54, 1.807) is 7.11 Å². The standard InChI is InChI=1S/C24H26BrNO3/c1-26-10-9-24-17(11-15-3-6-18(25)7-4-15)12-19(27)13-21(24)29-23-20(28-2)8-5-16(14-26)22(23)24/h3-8,12,19,21,27H,9-11,13-14H2,1-2H3/t19-,21-,24+/m0/s1. The Bertz CT molecular complexity index is 971. The van der Waals surface area contributed by atoms with Crippen molar-refractivity contribution < 1.29 is 14.6 Å². The molecule has 0 amide bonds. The van der Waals surface area contributed by atoms with Gasteiger partial charge in [-0.3, -0.25) is 0 Å². The highest BCUT2D eigenvalue weighted by Crippen LogP contribution is 2.58. The molecule has 152 valence electrons. The zero-order valence-corrected chi connectivity index (χ0v) is 18.4. The number of hydrogen-bond acceptors (Lipinski definition) is 4. The second kappa shape index (κ2) is 7.15. The molecule has 0 unspecified atom stereocenters. The zero-order chi connectivity index (χ0) is 20.2. The first kappa shape index (κ1) is 19.2. The molecule has 1 N–H and O–H groups in total. The molecule has 1 aliphatic carbocycles. The summed E-state index contributed by atoms with van der Waals surface area (Å²) in [5.41, 5.74) is 4.89. The van der Waals surface area contributed by atoms with Gasteiger partial charge in [0.1, 0.15) is 6.10 Å². The Kier molecular flexibility index (Phi) is 4.72. The lowest BCUT2D eigenvalue weighted by molar-refractivity contribution is 0.0750. The molecule has 5 heteroatoms. The molecular formula is C24H26BrNO3. The minimum absolute atomic E-state index is 0.0653. The van der Waals surface area contributed by atoms with Crippen LogP contribution >= 0.6 is 15.9 Å². The Morgan fingerprint density at radius 1 is 1.24 bits per heavy atom. The van der Waals surface area contributed by atoms with Crippen LogP contribution in [0.15, 0.2) is 52.5 Å². The molecule has 2 heterocycles. The third kappa shape index (κ3) is 3.02. The van der Waals surface area contributed by atoms with Gasteiger partial charge in [0.2, 0.25) is 0 Å². The van der Waals surface area contributed by atoms with Gasteiger partial charge in [-0.05, 0) is 55.8 Å². The van der Waals surface area contributed by atoms with Gasteiger partial charge in [0.25, 0.3) is 0 Å². The van der Waals surface area contributed by atoms with Crippen LogP contribution in [0.1, 0.15) is 29.5 Å². The molecule has 5 rings (SSSR count). The van der Waals surface area contributed by atoms with Crippen molar-refractivity contribution in [3.63, 3.8) is 0 Å². The van der Waals surface area contributed by atoms with Crippen LogP contribution in [0.5, 0.6) is 11.5 Å². The topological polar surface area (TPSA) is 41.9 Å². The summed E-state index contributed by atoms with van der Waals surface area (Å²) in [6, 6.07) is 12.7. The van der Waals surface area contributed by atoms with Crippen molar-refractivity contribution in [2.45, 2.75) is 43.4 Å². The fourth-order valence-electron chi connectivity index (χ4n) is 5.41. The van der Waals surface area contributed by atoms with Crippen LogP contribution in [0.4, 0.5) is 0 Å². The van der Waals surface area contributed by atoms with Crippen molar-refractivity contribution in [2.75, 3.05) is 20.7 Å². The number of aliphatic hydroxyl groups excluding tert-OH is 1. The lowest BCUT2D eigenvalue weighted by Gasteiger charge is -2.41. The van der Waals surface area contributed by atoms with Crippen LogP contribution in [0.3, 0.4) is 0 Å². The van der Waals surface area contributed by atoms with E-state index in [1.807, 2.05) is 6.07 Å². The van der Waals surface area contributed by atoms with Gasteiger partial charge < -0.3 is 19.5 Å². The highest BCUT2D eigenvalue weighted by atomic mass is 79.9. The van der Waals surface area contributed by atoms with Gasteiger partial charge in [0.05, 0.1) is 18.6 Å². The SMILES string of the molecule is COc1ccc2c3c1O[C@H]1C[C@@H](O)C=C(Cc4ccc(Br)cc4)[C@@]31CCN(C)C2. The maximum absolute atomic E-state index is 10.7. The van der Waals surface area contributed by atoms with Crippen molar-refractivity contribution in [1.29, 1.82) is 0 Å². The van der Waals surface area contributed by atoms with Gasteiger partial charge in [0.15, 0.2) is 11.5 Å². The van der Waals surface area contributed by atoms with Crippen molar-refractivity contribution in [2.24, 2.45) is 0 Å². The highest BCUT2D eigenvalue weighted by molar-refractivity contribution is 9.10. The monoisotopic (exact) mass is 455 g/mol. The maximum atomic E-state index is 10.7. The molecule has 2 aromatic carbocycles. The van der Waals surface area contributed by atoms with E-state index in [4.69, 9.17) is 9.47 Å². The van der Waals surface area contributed by atoms with Crippen LogP contribution in [0.25, 0.3) is 0 Å². The predicted octanol–water partition coefficient (Wildman–Crippen LogP) is 4.23. The van der Waals surface area contributed by atoms with E-state index in [0.29, 0.717) is 6.42 Å². The second-order valence-electron chi connectivity index (χ2n) is 8.49. The fourth-order valence-corrected chi connectivity index (χ4v) is 5.68. The summed E-state index contributed by atoms with van der Waals surface area (Å²) in [5, 5.41) is 10.7. The Balaban J connectivity index is 1.69. The van der Waals surface area contributed by atoms with E-state index < -0.39 is 6.10 Å². The number of ether oxygens (including phenoxy) is 2. The third-order valence-corrected chi connectivity index (χ3v) is 7.27. The van der Waals surface area contributed by atoms with Crippen molar-refractivity contribution >= 4 is 15.9 Å². The molecular weight excluding hydrogens is 430 g/mol. The minimum Gasteiger partial charge on any atom is -0.493 e. The van der Waals surface area contributed by atoms with Gasteiger partial charge in [0, 0.05) is 23.0 Å². The first-order valence-corrected chi connectivity index (χ1v) is 11.0. The molecule has 2 aromatic rings. The number of benzene rings is 2. The van der Waals surface area contributed by atoms with E-state index >= 15 is 0 Å². The van der Waals surface area contributed by atoms with Crippen molar-refractivity contribution in [3.8, 4) is 11.5 Å². The largest absolute Gasteiger partial charge is 0.493 e. The third-order valence-electron chi connectivity index (χ3n) is 6.74. The predicted molar refractivity (Wildman–Crippen MR) is 117 cm³/mol. The van der Waals surface area contributed by atoms with Crippen LogP contribution in [-0.2, 0) is 18.4 Å². The van der Waals surface area contributed by atoms with Gasteiger partial charge in [-0.25, -0.2) is 0 Å². The first-order chi connectivity index (χ1) is 14.0. The molecule has 3 atom stereocenters. The molecule has 4 nitrogen and oxygen atoms in total.